The van der Waals surface area contributed by atoms with Crippen LogP contribution in [-0.2, 0) is 133 Å². The van der Waals surface area contributed by atoms with Crippen LogP contribution < -0.4 is 16.0 Å². The van der Waals surface area contributed by atoms with Gasteiger partial charge in [0.2, 0.25) is 17.7 Å². The highest BCUT2D eigenvalue weighted by molar-refractivity contribution is 5.92. The van der Waals surface area contributed by atoms with E-state index in [1.54, 1.807) is 7.11 Å². The number of methoxy groups -OCH3 is 1. The van der Waals surface area contributed by atoms with E-state index in [1.807, 2.05) is 20.8 Å². The lowest BCUT2D eigenvalue weighted by atomic mass is 10.0. The molecule has 0 fully saturated rings. The molecule has 0 aliphatic rings. The van der Waals surface area contributed by atoms with E-state index in [2.05, 4.69) is 16.0 Å². The number of carbonyl (C=O) groups is 4. The molecule has 0 heterocycles. The fraction of sp³-hybridized carbons (Fsp3) is 0.940. The molecule has 0 bridgehead atoms. The minimum atomic E-state index is -0.710. The Hall–Kier alpha value is -2.88. The standard InChI is InChI=1S/C67H131N3O28/c1-6-7-11-65(73)70-66(61(2)3)67(74)69-63(62(4)71)10-8-9-13-68-64(72)12-14-76-17-18-78-21-22-80-25-26-82-29-30-84-33-34-86-37-38-88-41-42-90-45-46-92-49-50-94-53-54-96-57-58-98-60-59-97-56-55-95-52-51-93-48-47-91-44-43-89-40-39-87-36-35-85-32-31-83-28-27-81-24-23-79-20-19-77-16-15-75-5/h61,63,66H,6-60H2,1-5H3,(H,68,72)(H,69,74)(H,70,73)/t63-,66-/m0/s1. The van der Waals surface area contributed by atoms with Crippen molar-refractivity contribution in [1.29, 1.82) is 0 Å². The maximum Gasteiger partial charge on any atom is 0.243 e. The summed E-state index contributed by atoms with van der Waals surface area (Å²) in [4.78, 5) is 49.6. The maximum absolute atomic E-state index is 12.9. The number of unbranched alkanes of at least 4 members (excludes halogenated alkanes) is 2. The van der Waals surface area contributed by atoms with Gasteiger partial charge in [0.25, 0.3) is 0 Å². The number of carbonyl (C=O) groups excluding carboxylic acids is 4. The third kappa shape index (κ3) is 75.8. The Morgan fingerprint density at radius 2 is 0.520 bits per heavy atom. The minimum Gasteiger partial charge on any atom is -0.382 e. The topological polar surface area (TPSA) is 326 Å². The highest BCUT2D eigenvalue weighted by Crippen LogP contribution is 2.08. The molecule has 0 aromatic heterocycles. The Morgan fingerprint density at radius 3 is 0.735 bits per heavy atom. The number of rotatable bonds is 85. The van der Waals surface area contributed by atoms with Gasteiger partial charge in [-0.25, -0.2) is 0 Å². The Labute approximate surface area is 585 Å². The highest BCUT2D eigenvalue weighted by atomic mass is 16.6. The molecule has 0 aliphatic carbocycles. The molecule has 31 heteroatoms. The number of ether oxygens (including phenoxy) is 24. The van der Waals surface area contributed by atoms with Crippen molar-refractivity contribution >= 4 is 23.5 Å². The molecule has 582 valence electrons. The lowest BCUT2D eigenvalue weighted by molar-refractivity contribution is -0.132. The Morgan fingerprint density at radius 1 is 0.286 bits per heavy atom. The van der Waals surface area contributed by atoms with Crippen LogP contribution in [0.2, 0.25) is 0 Å². The molecule has 0 aromatic carbocycles. The monoisotopic (exact) mass is 1430 g/mol. The summed E-state index contributed by atoms with van der Waals surface area (Å²) in [5.74, 6) is -0.946. The Balaban J connectivity index is 3.25. The third-order valence-electron chi connectivity index (χ3n) is 13.2. The zero-order valence-corrected chi connectivity index (χ0v) is 60.6. The number of Topliss-reactive ketones (excluding diaryl/α,β-unsaturated/α-hetero) is 1. The molecular formula is C67H131N3O28. The second-order valence-corrected chi connectivity index (χ2v) is 21.7. The molecule has 0 saturated heterocycles. The average Bonchev–Trinajstić information content (AvgIpc) is 0.944. The van der Waals surface area contributed by atoms with Crippen LogP contribution in [0.4, 0.5) is 0 Å². The molecule has 0 aliphatic heterocycles. The first-order chi connectivity index (χ1) is 48.2. The highest BCUT2D eigenvalue weighted by Gasteiger charge is 2.27. The fourth-order valence-corrected chi connectivity index (χ4v) is 7.79. The summed E-state index contributed by atoms with van der Waals surface area (Å²) in [6.07, 6.45) is 3.93. The van der Waals surface area contributed by atoms with Crippen LogP contribution in [-0.4, -0.2) is 360 Å². The van der Waals surface area contributed by atoms with Crippen molar-refractivity contribution in [3.8, 4) is 0 Å². The van der Waals surface area contributed by atoms with E-state index >= 15 is 0 Å². The van der Waals surface area contributed by atoms with Crippen molar-refractivity contribution in [3.05, 3.63) is 0 Å². The smallest absolute Gasteiger partial charge is 0.243 e. The summed E-state index contributed by atoms with van der Waals surface area (Å²) in [5.41, 5.74) is 0. The Bertz CT molecular complexity index is 1660. The summed E-state index contributed by atoms with van der Waals surface area (Å²) in [5, 5.41) is 8.46. The average molecular weight is 1430 g/mol. The summed E-state index contributed by atoms with van der Waals surface area (Å²) in [7, 11) is 1.64. The number of ketones is 1. The van der Waals surface area contributed by atoms with Gasteiger partial charge in [0, 0.05) is 26.5 Å². The van der Waals surface area contributed by atoms with Gasteiger partial charge in [-0.3, -0.25) is 19.2 Å². The van der Waals surface area contributed by atoms with Gasteiger partial charge in [0.15, 0.2) is 5.78 Å². The van der Waals surface area contributed by atoms with E-state index in [0.717, 1.165) is 12.8 Å². The molecular weight excluding hydrogens is 1290 g/mol. The first-order valence-corrected chi connectivity index (χ1v) is 35.4. The molecule has 0 radical (unpaired) electrons. The fourth-order valence-electron chi connectivity index (χ4n) is 7.79. The first-order valence-electron chi connectivity index (χ1n) is 35.4. The van der Waals surface area contributed by atoms with E-state index in [1.165, 1.54) is 6.92 Å². The summed E-state index contributed by atoms with van der Waals surface area (Å²) in [6.45, 7) is 29.8. The van der Waals surface area contributed by atoms with Crippen LogP contribution in [0.25, 0.3) is 0 Å². The van der Waals surface area contributed by atoms with Crippen molar-refractivity contribution in [2.45, 2.75) is 84.7 Å². The molecule has 0 unspecified atom stereocenters. The zero-order chi connectivity index (χ0) is 71.0. The molecule has 0 rings (SSSR count). The van der Waals surface area contributed by atoms with Gasteiger partial charge < -0.3 is 130 Å². The van der Waals surface area contributed by atoms with Crippen LogP contribution >= 0.6 is 0 Å². The van der Waals surface area contributed by atoms with Crippen molar-refractivity contribution in [3.63, 3.8) is 0 Å². The second-order valence-electron chi connectivity index (χ2n) is 21.7. The van der Waals surface area contributed by atoms with E-state index in [9.17, 15) is 19.2 Å². The van der Waals surface area contributed by atoms with Crippen molar-refractivity contribution < 1.29 is 133 Å². The molecule has 0 saturated carbocycles. The normalized spacial score (nSPS) is 12.3. The van der Waals surface area contributed by atoms with E-state index in [0.29, 0.717) is 336 Å². The van der Waals surface area contributed by atoms with E-state index < -0.39 is 12.1 Å². The molecule has 2 atom stereocenters. The molecule has 98 heavy (non-hydrogen) atoms. The lowest BCUT2D eigenvalue weighted by Gasteiger charge is -2.24. The SMILES string of the molecule is CCCCC(=O)N[C@H](C(=O)N[C@@H](CCCCNC(=O)CCOCCOCCOCCOCCOCCOCCOCCOCCOCCOCCOCCOCCOCCOCCOCCOCCOCCOCCOCCOCCOCCOCCOCCOC)C(C)=O)C(C)C. The van der Waals surface area contributed by atoms with Gasteiger partial charge in [0.1, 0.15) is 6.04 Å². The lowest BCUT2D eigenvalue weighted by Crippen LogP contribution is -2.53. The molecule has 3 N–H and O–H groups in total. The van der Waals surface area contributed by atoms with Gasteiger partial charge in [-0.2, -0.15) is 0 Å². The number of hydrogen-bond acceptors (Lipinski definition) is 28. The van der Waals surface area contributed by atoms with Gasteiger partial charge in [-0.05, 0) is 38.5 Å². The molecule has 31 nitrogen and oxygen atoms in total. The van der Waals surface area contributed by atoms with Crippen LogP contribution in [0, 0.1) is 5.92 Å². The molecule has 3 amide bonds. The number of amides is 3. The van der Waals surface area contributed by atoms with E-state index in [-0.39, 0.29) is 42.5 Å². The second kappa shape index (κ2) is 81.4. The van der Waals surface area contributed by atoms with Crippen LogP contribution in [0.3, 0.4) is 0 Å². The summed E-state index contributed by atoms with van der Waals surface area (Å²) >= 11 is 0. The van der Waals surface area contributed by atoms with E-state index in [4.69, 9.17) is 114 Å². The van der Waals surface area contributed by atoms with Crippen LogP contribution in [0.1, 0.15) is 72.6 Å². The van der Waals surface area contributed by atoms with Crippen molar-refractivity contribution in [1.82, 2.24) is 16.0 Å². The molecule has 0 aromatic rings. The van der Waals surface area contributed by atoms with Crippen molar-refractivity contribution in [2.24, 2.45) is 5.92 Å². The van der Waals surface area contributed by atoms with Crippen LogP contribution in [0.15, 0.2) is 0 Å². The first kappa shape index (κ1) is 95.1. The van der Waals surface area contributed by atoms with Crippen molar-refractivity contribution in [2.75, 3.05) is 324 Å². The predicted octanol–water partition coefficient (Wildman–Crippen LogP) is 2.10. The number of nitrogens with one attached hydrogen (secondary N) is 3. The summed E-state index contributed by atoms with van der Waals surface area (Å²) < 4.78 is 132. The summed E-state index contributed by atoms with van der Waals surface area (Å²) in [6, 6.07) is -1.36. The number of hydrogen-bond donors (Lipinski definition) is 3. The Kier molecular flexibility index (Phi) is 79.0. The van der Waals surface area contributed by atoms with Gasteiger partial charge in [0.05, 0.1) is 317 Å². The zero-order valence-electron chi connectivity index (χ0n) is 60.6. The van der Waals surface area contributed by atoms with Gasteiger partial charge >= 0.3 is 0 Å². The molecule has 0 spiro atoms. The third-order valence-corrected chi connectivity index (χ3v) is 13.2. The van der Waals surface area contributed by atoms with Crippen LogP contribution in [0.5, 0.6) is 0 Å². The largest absolute Gasteiger partial charge is 0.382 e. The van der Waals surface area contributed by atoms with Gasteiger partial charge in [-0.15, -0.1) is 0 Å². The maximum atomic E-state index is 12.9. The van der Waals surface area contributed by atoms with Gasteiger partial charge in [-0.1, -0.05) is 27.2 Å². The quantitative estimate of drug-likeness (QED) is 0.0734. The minimum absolute atomic E-state index is 0.129. The predicted molar refractivity (Wildman–Crippen MR) is 361 cm³/mol.